The molecule has 5 N–H and O–H groups in total. The highest BCUT2D eigenvalue weighted by Crippen LogP contribution is 2.23. The smallest absolute Gasteiger partial charge is 0.389 e. The van der Waals surface area contributed by atoms with Crippen LogP contribution in [0, 0.1) is 0 Å². The van der Waals surface area contributed by atoms with E-state index in [9.17, 15) is 27.9 Å². The fourth-order valence-electron chi connectivity index (χ4n) is 2.55. The van der Waals surface area contributed by atoms with Crippen LogP contribution < -0.4 is 5.73 Å². The van der Waals surface area contributed by atoms with Gasteiger partial charge in [0.05, 0.1) is 6.10 Å². The number of rotatable bonds is 18. The summed E-state index contributed by atoms with van der Waals surface area (Å²) < 4.78 is 36.1. The molecule has 33 heavy (non-hydrogen) atoms. The summed E-state index contributed by atoms with van der Waals surface area (Å²) in [6, 6.07) is -1.06. The first-order valence-electron chi connectivity index (χ1n) is 10.7. The fourth-order valence-corrected chi connectivity index (χ4v) is 3.68. The molecule has 10 heteroatoms. The highest BCUT2D eigenvalue weighted by molar-refractivity contribution is 8.00. The molecule has 0 unspecified atom stereocenters. The van der Waals surface area contributed by atoms with Gasteiger partial charge in [-0.25, -0.2) is 0 Å². The number of thioether (sulfide) groups is 1. The van der Waals surface area contributed by atoms with E-state index in [1.807, 2.05) is 24.3 Å². The molecule has 0 fully saturated rings. The number of alkyl halides is 3. The lowest BCUT2D eigenvalue weighted by Gasteiger charge is -2.20. The molecule has 0 bridgehead atoms. The summed E-state index contributed by atoms with van der Waals surface area (Å²) in [5.41, 5.74) is 5.51. The maximum Gasteiger partial charge on any atom is 0.389 e. The molecule has 188 valence electrons. The topological polar surface area (TPSA) is 121 Å². The molecule has 6 nitrogen and oxygen atoms in total. The first-order chi connectivity index (χ1) is 15.5. The van der Waals surface area contributed by atoms with Crippen molar-refractivity contribution in [3.05, 3.63) is 48.6 Å². The van der Waals surface area contributed by atoms with Gasteiger partial charge in [0.1, 0.15) is 6.04 Å². The number of aliphatic carboxylic acids is 2. The fraction of sp³-hybridized carbons (Fsp3) is 0.565. The Balaban J connectivity index is 4.43. The Morgan fingerprint density at radius 3 is 2.30 bits per heavy atom. The van der Waals surface area contributed by atoms with E-state index in [1.165, 1.54) is 11.8 Å². The number of aliphatic hydroxyl groups excluding tert-OH is 1. The minimum absolute atomic E-state index is 0.0560. The number of aliphatic hydroxyl groups is 1. The van der Waals surface area contributed by atoms with Crippen LogP contribution in [0.1, 0.15) is 51.4 Å². The number of allylic oxidation sites excluding steroid dienone is 7. The van der Waals surface area contributed by atoms with Crippen molar-refractivity contribution in [1.82, 2.24) is 0 Å². The molecule has 0 saturated carbocycles. The van der Waals surface area contributed by atoms with Crippen molar-refractivity contribution in [3.8, 4) is 0 Å². The average molecular weight is 494 g/mol. The summed E-state index contributed by atoms with van der Waals surface area (Å²) in [6.45, 7) is 0. The molecular weight excluding hydrogens is 459 g/mol. The highest BCUT2D eigenvalue weighted by atomic mass is 32.2. The predicted octanol–water partition coefficient (Wildman–Crippen LogP) is 4.85. The third-order valence-corrected chi connectivity index (χ3v) is 5.75. The Kier molecular flexibility index (Phi) is 17.3. The molecule has 3 atom stereocenters. The van der Waals surface area contributed by atoms with Gasteiger partial charge in [-0.2, -0.15) is 13.2 Å². The molecule has 0 aromatic carbocycles. The summed E-state index contributed by atoms with van der Waals surface area (Å²) in [4.78, 5) is 21.5. The third kappa shape index (κ3) is 20.3. The summed E-state index contributed by atoms with van der Waals surface area (Å²) in [5, 5.41) is 27.5. The van der Waals surface area contributed by atoms with Crippen molar-refractivity contribution in [2.24, 2.45) is 5.73 Å². The van der Waals surface area contributed by atoms with Crippen molar-refractivity contribution < 1.29 is 38.1 Å². The van der Waals surface area contributed by atoms with Gasteiger partial charge in [-0.05, 0) is 38.5 Å². The van der Waals surface area contributed by atoms with Gasteiger partial charge >= 0.3 is 18.1 Å². The molecule has 0 spiro atoms. The number of carboxylic acids is 2. The molecule has 0 heterocycles. The van der Waals surface area contributed by atoms with Crippen molar-refractivity contribution in [1.29, 1.82) is 0 Å². The summed E-state index contributed by atoms with van der Waals surface area (Å²) in [6.07, 6.45) is 11.1. The molecule has 0 radical (unpaired) electrons. The average Bonchev–Trinajstić information content (AvgIpc) is 2.71. The molecule has 0 saturated heterocycles. The predicted molar refractivity (Wildman–Crippen MR) is 125 cm³/mol. The number of nitrogens with two attached hydrogens (primary N) is 1. The zero-order chi connectivity index (χ0) is 25.1. The van der Waals surface area contributed by atoms with Crippen LogP contribution >= 0.6 is 11.8 Å². The Bertz CT molecular complexity index is 677. The minimum atomic E-state index is -4.09. The molecule has 0 aliphatic rings. The van der Waals surface area contributed by atoms with E-state index in [2.05, 4.69) is 0 Å². The number of hydrogen-bond acceptors (Lipinski definition) is 5. The zero-order valence-corrected chi connectivity index (χ0v) is 19.3. The van der Waals surface area contributed by atoms with Gasteiger partial charge < -0.3 is 21.1 Å². The molecule has 0 amide bonds. The molecule has 0 aromatic rings. The molecule has 0 aromatic heterocycles. The zero-order valence-electron chi connectivity index (χ0n) is 18.5. The lowest BCUT2D eigenvalue weighted by atomic mass is 10.1. The second-order valence-electron chi connectivity index (χ2n) is 7.36. The lowest BCUT2D eigenvalue weighted by molar-refractivity contribution is -0.138. The van der Waals surface area contributed by atoms with Gasteiger partial charge in [-0.15, -0.1) is 11.8 Å². The quantitative estimate of drug-likeness (QED) is 0.122. The molecule has 0 aliphatic heterocycles. The Morgan fingerprint density at radius 2 is 1.67 bits per heavy atom. The van der Waals surface area contributed by atoms with Crippen LogP contribution in [-0.4, -0.2) is 56.6 Å². The van der Waals surface area contributed by atoms with Crippen LogP contribution in [0.5, 0.6) is 0 Å². The standard InChI is InChI=1S/C23H34F3NO5S/c24-23(25,26)16-11-9-7-5-3-1-2-4-6-8-10-14-20(33-17-18(27)22(31)32)19(28)13-12-15-21(29)30/h2-6,8,10,14,18-20,28H,1,7,9,11-13,15-17,27H2,(H,29,30)(H,31,32)/b4-2+,5-3+,8-6+,14-10+/t18-,19+,20-/m1/s1. The largest absolute Gasteiger partial charge is 0.481 e. The van der Waals surface area contributed by atoms with Gasteiger partial charge in [0.15, 0.2) is 0 Å². The van der Waals surface area contributed by atoms with Gasteiger partial charge in [-0.1, -0.05) is 48.6 Å². The van der Waals surface area contributed by atoms with Crippen LogP contribution in [0.25, 0.3) is 0 Å². The van der Waals surface area contributed by atoms with E-state index < -0.39 is 41.9 Å². The number of carbonyl (C=O) groups is 2. The van der Waals surface area contributed by atoms with Crippen LogP contribution in [-0.2, 0) is 9.59 Å². The van der Waals surface area contributed by atoms with Crippen LogP contribution in [0.2, 0.25) is 0 Å². The maximum absolute atomic E-state index is 12.0. The monoisotopic (exact) mass is 493 g/mol. The van der Waals surface area contributed by atoms with E-state index in [1.54, 1.807) is 24.3 Å². The van der Waals surface area contributed by atoms with Crippen molar-refractivity contribution in [2.75, 3.05) is 5.75 Å². The van der Waals surface area contributed by atoms with Crippen LogP contribution in [0.3, 0.4) is 0 Å². The van der Waals surface area contributed by atoms with Crippen LogP contribution in [0.4, 0.5) is 13.2 Å². The minimum Gasteiger partial charge on any atom is -0.481 e. The molecular formula is C23H34F3NO5S. The lowest BCUT2D eigenvalue weighted by Crippen LogP contribution is -2.34. The molecule has 0 aliphatic carbocycles. The van der Waals surface area contributed by atoms with Gasteiger partial charge in [0.2, 0.25) is 0 Å². The number of carboxylic acid groups (broad SMARTS) is 2. The van der Waals surface area contributed by atoms with E-state index in [0.717, 1.165) is 0 Å². The van der Waals surface area contributed by atoms with E-state index in [-0.39, 0.29) is 25.0 Å². The SMILES string of the molecule is N[C@H](CS[C@H](/C=C/C=C/C=C/C/C=C/CCCCC(F)(F)F)[C@@H](O)CCCC(=O)O)C(=O)O. The van der Waals surface area contributed by atoms with E-state index in [4.69, 9.17) is 15.9 Å². The van der Waals surface area contributed by atoms with Crippen LogP contribution in [0.15, 0.2) is 48.6 Å². The third-order valence-electron chi connectivity index (χ3n) is 4.35. The molecule has 0 rings (SSSR count). The first kappa shape index (κ1) is 31.0. The summed E-state index contributed by atoms with van der Waals surface area (Å²) in [7, 11) is 0. The van der Waals surface area contributed by atoms with Crippen molar-refractivity contribution in [3.63, 3.8) is 0 Å². The van der Waals surface area contributed by atoms with Gasteiger partial charge in [0.25, 0.3) is 0 Å². The van der Waals surface area contributed by atoms with Gasteiger partial charge in [0, 0.05) is 23.8 Å². The Hall–Kier alpha value is -2.04. The Morgan fingerprint density at radius 1 is 0.970 bits per heavy atom. The summed E-state index contributed by atoms with van der Waals surface area (Å²) >= 11 is 1.20. The number of unbranched alkanes of at least 4 members (excludes halogenated alkanes) is 2. The first-order valence-corrected chi connectivity index (χ1v) is 11.8. The second-order valence-corrected chi connectivity index (χ2v) is 8.57. The second kappa shape index (κ2) is 18.4. The number of hydrogen-bond donors (Lipinski definition) is 4. The normalized spacial score (nSPS) is 15.7. The van der Waals surface area contributed by atoms with E-state index >= 15 is 0 Å². The van der Waals surface area contributed by atoms with Crippen molar-refractivity contribution >= 4 is 23.7 Å². The van der Waals surface area contributed by atoms with E-state index in [0.29, 0.717) is 25.7 Å². The van der Waals surface area contributed by atoms with Crippen molar-refractivity contribution in [2.45, 2.75) is 74.9 Å². The Labute approximate surface area is 197 Å². The maximum atomic E-state index is 12.0. The van der Waals surface area contributed by atoms with Gasteiger partial charge in [-0.3, -0.25) is 9.59 Å². The summed E-state index contributed by atoms with van der Waals surface area (Å²) in [5.74, 6) is -1.97. The highest BCUT2D eigenvalue weighted by Gasteiger charge is 2.25. The number of halogens is 3.